The zero-order valence-corrected chi connectivity index (χ0v) is 15.2. The van der Waals surface area contributed by atoms with Crippen LogP contribution in [0, 0.1) is 6.92 Å². The molecule has 1 atom stereocenters. The standard InChI is InChI=1S/C19H16BrN3O2/c1-12-4-2-7-16(8-12)23-11-14(10-17(23)24)19-21-18(22-25-19)13-5-3-6-15(20)9-13/h2-9,14H,10-11H2,1H3. The summed E-state index contributed by atoms with van der Waals surface area (Å²) in [7, 11) is 0. The summed E-state index contributed by atoms with van der Waals surface area (Å²) >= 11 is 3.44. The van der Waals surface area contributed by atoms with E-state index in [4.69, 9.17) is 4.52 Å². The van der Waals surface area contributed by atoms with Crippen LogP contribution in [-0.4, -0.2) is 22.6 Å². The van der Waals surface area contributed by atoms with Gasteiger partial charge in [-0.05, 0) is 36.8 Å². The maximum atomic E-state index is 12.4. The molecule has 1 fully saturated rings. The zero-order chi connectivity index (χ0) is 17.4. The molecule has 2 heterocycles. The van der Waals surface area contributed by atoms with Gasteiger partial charge in [-0.3, -0.25) is 4.79 Å². The third-order valence-electron chi connectivity index (χ3n) is 4.31. The zero-order valence-electron chi connectivity index (χ0n) is 13.6. The number of amides is 1. The van der Waals surface area contributed by atoms with Crippen molar-refractivity contribution < 1.29 is 9.32 Å². The van der Waals surface area contributed by atoms with Crippen LogP contribution in [0.1, 0.15) is 23.8 Å². The number of aryl methyl sites for hydroxylation is 1. The lowest BCUT2D eigenvalue weighted by atomic mass is 10.1. The lowest BCUT2D eigenvalue weighted by molar-refractivity contribution is -0.117. The summed E-state index contributed by atoms with van der Waals surface area (Å²) in [6, 6.07) is 15.7. The highest BCUT2D eigenvalue weighted by molar-refractivity contribution is 9.10. The molecule has 3 aromatic rings. The number of aromatic nitrogens is 2. The van der Waals surface area contributed by atoms with Crippen LogP contribution >= 0.6 is 15.9 Å². The minimum absolute atomic E-state index is 0.0813. The van der Waals surface area contributed by atoms with Crippen molar-refractivity contribution in [2.75, 3.05) is 11.4 Å². The molecule has 0 radical (unpaired) electrons. The Morgan fingerprint density at radius 2 is 2.04 bits per heavy atom. The van der Waals surface area contributed by atoms with E-state index in [1.807, 2.05) is 55.5 Å². The van der Waals surface area contributed by atoms with Crippen LogP contribution in [0.3, 0.4) is 0 Å². The lowest BCUT2D eigenvalue weighted by Crippen LogP contribution is -2.24. The molecule has 1 aliphatic rings. The van der Waals surface area contributed by atoms with E-state index in [1.54, 1.807) is 4.90 Å². The van der Waals surface area contributed by atoms with Gasteiger partial charge in [0.1, 0.15) is 0 Å². The Kier molecular flexibility index (Phi) is 4.13. The van der Waals surface area contributed by atoms with E-state index < -0.39 is 0 Å². The van der Waals surface area contributed by atoms with Crippen molar-refractivity contribution >= 4 is 27.5 Å². The smallest absolute Gasteiger partial charge is 0.232 e. The summed E-state index contributed by atoms with van der Waals surface area (Å²) in [6.45, 7) is 2.58. The van der Waals surface area contributed by atoms with Gasteiger partial charge in [0.2, 0.25) is 17.6 Å². The number of carbonyl (C=O) groups is 1. The fourth-order valence-electron chi connectivity index (χ4n) is 3.06. The van der Waals surface area contributed by atoms with Crippen molar-refractivity contribution in [3.8, 4) is 11.4 Å². The molecule has 126 valence electrons. The second-order valence-corrected chi connectivity index (χ2v) is 7.13. The molecule has 0 spiro atoms. The summed E-state index contributed by atoms with van der Waals surface area (Å²) < 4.78 is 6.40. The highest BCUT2D eigenvalue weighted by Crippen LogP contribution is 2.32. The van der Waals surface area contributed by atoms with E-state index >= 15 is 0 Å². The van der Waals surface area contributed by atoms with Crippen molar-refractivity contribution in [2.45, 2.75) is 19.3 Å². The first-order valence-electron chi connectivity index (χ1n) is 8.07. The third kappa shape index (κ3) is 3.22. The molecule has 1 amide bonds. The van der Waals surface area contributed by atoms with Gasteiger partial charge in [0.15, 0.2) is 0 Å². The molecule has 2 aromatic carbocycles. The number of rotatable bonds is 3. The summed E-state index contributed by atoms with van der Waals surface area (Å²) in [5.41, 5.74) is 2.92. The van der Waals surface area contributed by atoms with Gasteiger partial charge in [0.25, 0.3) is 0 Å². The van der Waals surface area contributed by atoms with Gasteiger partial charge >= 0.3 is 0 Å². The molecule has 0 aliphatic carbocycles. The van der Waals surface area contributed by atoms with Crippen LogP contribution in [0.15, 0.2) is 57.5 Å². The monoisotopic (exact) mass is 397 g/mol. The molecule has 1 saturated heterocycles. The second kappa shape index (κ2) is 6.44. The minimum Gasteiger partial charge on any atom is -0.339 e. The molecular formula is C19H16BrN3O2. The van der Waals surface area contributed by atoms with Gasteiger partial charge in [-0.15, -0.1) is 0 Å². The van der Waals surface area contributed by atoms with Gasteiger partial charge in [0.05, 0.1) is 5.92 Å². The van der Waals surface area contributed by atoms with Crippen molar-refractivity contribution in [2.24, 2.45) is 0 Å². The maximum Gasteiger partial charge on any atom is 0.232 e. The Labute approximate surface area is 153 Å². The van der Waals surface area contributed by atoms with Crippen LogP contribution in [0.4, 0.5) is 5.69 Å². The minimum atomic E-state index is -0.0820. The first-order chi connectivity index (χ1) is 12.1. The molecule has 4 rings (SSSR count). The van der Waals surface area contributed by atoms with E-state index in [2.05, 4.69) is 26.1 Å². The normalized spacial score (nSPS) is 17.3. The predicted octanol–water partition coefficient (Wildman–Crippen LogP) is 4.33. The van der Waals surface area contributed by atoms with E-state index in [-0.39, 0.29) is 11.8 Å². The fraction of sp³-hybridized carbons (Fsp3) is 0.211. The van der Waals surface area contributed by atoms with E-state index in [0.717, 1.165) is 21.3 Å². The highest BCUT2D eigenvalue weighted by atomic mass is 79.9. The average molecular weight is 398 g/mol. The maximum absolute atomic E-state index is 12.4. The van der Waals surface area contributed by atoms with Crippen LogP contribution in [-0.2, 0) is 4.79 Å². The lowest BCUT2D eigenvalue weighted by Gasteiger charge is -2.16. The fourth-order valence-corrected chi connectivity index (χ4v) is 3.46. The molecule has 1 aromatic heterocycles. The molecule has 6 heteroatoms. The second-order valence-electron chi connectivity index (χ2n) is 6.21. The number of halogens is 1. The van der Waals surface area contributed by atoms with Crippen LogP contribution in [0.5, 0.6) is 0 Å². The Morgan fingerprint density at radius 1 is 1.20 bits per heavy atom. The van der Waals surface area contributed by atoms with Gasteiger partial charge in [-0.25, -0.2) is 0 Å². The molecular weight excluding hydrogens is 382 g/mol. The molecule has 0 saturated carbocycles. The van der Waals surface area contributed by atoms with Crippen molar-refractivity contribution in [3.63, 3.8) is 0 Å². The van der Waals surface area contributed by atoms with Crippen molar-refractivity contribution in [1.29, 1.82) is 0 Å². The van der Waals surface area contributed by atoms with E-state index in [9.17, 15) is 4.79 Å². The van der Waals surface area contributed by atoms with Crippen molar-refractivity contribution in [1.82, 2.24) is 10.1 Å². The van der Waals surface area contributed by atoms with Gasteiger partial charge in [0, 0.05) is 28.7 Å². The Balaban J connectivity index is 1.57. The van der Waals surface area contributed by atoms with Gasteiger partial charge in [-0.2, -0.15) is 4.98 Å². The van der Waals surface area contributed by atoms with Gasteiger partial charge < -0.3 is 9.42 Å². The molecule has 5 nitrogen and oxygen atoms in total. The summed E-state index contributed by atoms with van der Waals surface area (Å²) in [4.78, 5) is 18.7. The SMILES string of the molecule is Cc1cccc(N2CC(c3nc(-c4cccc(Br)c4)no3)CC2=O)c1. The summed E-state index contributed by atoms with van der Waals surface area (Å²) in [6.07, 6.45) is 0.383. The van der Waals surface area contributed by atoms with Crippen LogP contribution < -0.4 is 4.90 Å². The van der Waals surface area contributed by atoms with Gasteiger partial charge in [-0.1, -0.05) is 45.4 Å². The number of anilines is 1. The predicted molar refractivity (Wildman–Crippen MR) is 98.3 cm³/mol. The molecule has 0 N–H and O–H groups in total. The van der Waals surface area contributed by atoms with Crippen molar-refractivity contribution in [3.05, 3.63) is 64.5 Å². The van der Waals surface area contributed by atoms with Crippen LogP contribution in [0.2, 0.25) is 0 Å². The molecule has 1 aliphatic heterocycles. The number of hydrogen-bond acceptors (Lipinski definition) is 4. The third-order valence-corrected chi connectivity index (χ3v) is 4.81. The topological polar surface area (TPSA) is 59.2 Å². The molecule has 25 heavy (non-hydrogen) atoms. The first-order valence-corrected chi connectivity index (χ1v) is 8.86. The van der Waals surface area contributed by atoms with E-state index in [0.29, 0.717) is 24.7 Å². The first kappa shape index (κ1) is 16.0. The summed E-state index contributed by atoms with van der Waals surface area (Å²) in [5, 5.41) is 4.07. The summed E-state index contributed by atoms with van der Waals surface area (Å²) in [5.74, 6) is 1.05. The quantitative estimate of drug-likeness (QED) is 0.659. The number of benzene rings is 2. The largest absolute Gasteiger partial charge is 0.339 e. The Hall–Kier alpha value is -2.47. The number of nitrogens with zero attached hydrogens (tertiary/aromatic N) is 3. The van der Waals surface area contributed by atoms with Crippen LogP contribution in [0.25, 0.3) is 11.4 Å². The molecule has 1 unspecified atom stereocenters. The van der Waals surface area contributed by atoms with E-state index in [1.165, 1.54) is 0 Å². The number of carbonyl (C=O) groups excluding carboxylic acids is 1. The average Bonchev–Trinajstić information content (AvgIpc) is 3.21. The number of hydrogen-bond donors (Lipinski definition) is 0. The highest BCUT2D eigenvalue weighted by Gasteiger charge is 2.35. The Bertz CT molecular complexity index is 938. The molecule has 0 bridgehead atoms. The Morgan fingerprint density at radius 3 is 2.84 bits per heavy atom.